The Bertz CT molecular complexity index is 614. The van der Waals surface area contributed by atoms with Gasteiger partial charge in [-0.2, -0.15) is 5.26 Å². The summed E-state index contributed by atoms with van der Waals surface area (Å²) in [6, 6.07) is 8.61. The first-order valence-corrected chi connectivity index (χ1v) is 7.13. The molecule has 0 bridgehead atoms. The van der Waals surface area contributed by atoms with E-state index >= 15 is 0 Å². The van der Waals surface area contributed by atoms with Crippen LogP contribution in [0, 0.1) is 11.3 Å². The van der Waals surface area contributed by atoms with E-state index in [1.807, 2.05) is 6.07 Å². The zero-order valence-electron chi connectivity index (χ0n) is 12.4. The summed E-state index contributed by atoms with van der Waals surface area (Å²) in [7, 11) is 0. The molecule has 0 saturated heterocycles. The summed E-state index contributed by atoms with van der Waals surface area (Å²) in [6.07, 6.45) is 0.0118. The second-order valence-corrected chi connectivity index (χ2v) is 4.81. The minimum atomic E-state index is -1.74. The summed E-state index contributed by atoms with van der Waals surface area (Å²) in [5.41, 5.74) is -1.51. The highest BCUT2D eigenvalue weighted by molar-refractivity contribution is 6.30. The fraction of sp³-hybridized carbons (Fsp3) is 0.375. The summed E-state index contributed by atoms with van der Waals surface area (Å²) in [5, 5.41) is 10.1. The molecule has 0 aliphatic heterocycles. The van der Waals surface area contributed by atoms with Crippen molar-refractivity contribution in [3.63, 3.8) is 0 Å². The van der Waals surface area contributed by atoms with Crippen molar-refractivity contribution in [2.75, 3.05) is 13.2 Å². The van der Waals surface area contributed by atoms with Gasteiger partial charge in [0.2, 0.25) is 5.60 Å². The fourth-order valence-electron chi connectivity index (χ4n) is 1.97. The first-order chi connectivity index (χ1) is 10.5. The Morgan fingerprint density at radius 1 is 1.27 bits per heavy atom. The van der Waals surface area contributed by atoms with E-state index < -0.39 is 17.1 Å². The Labute approximate surface area is 134 Å². The first-order valence-electron chi connectivity index (χ1n) is 6.75. The number of hydrogen-bond donors (Lipinski definition) is 0. The molecule has 6 heteroatoms. The lowest BCUT2D eigenvalue weighted by molar-refractivity contribution is -0.140. The van der Waals surface area contributed by atoms with Gasteiger partial charge in [0.25, 0.3) is 0 Å². The molecule has 0 amide bonds. The number of hydrogen-bond acceptors (Lipinski definition) is 5. The highest BCUT2D eigenvalue weighted by atomic mass is 35.5. The van der Waals surface area contributed by atoms with Crippen LogP contribution in [-0.4, -0.2) is 30.7 Å². The predicted molar refractivity (Wildman–Crippen MR) is 81.0 cm³/mol. The second kappa shape index (κ2) is 8.35. The lowest BCUT2D eigenvalue weighted by Crippen LogP contribution is -2.40. The van der Waals surface area contributed by atoms with E-state index in [0.29, 0.717) is 10.6 Å². The summed E-state index contributed by atoms with van der Waals surface area (Å²) >= 11 is 5.82. The molecule has 1 atom stereocenters. The van der Waals surface area contributed by atoms with Crippen LogP contribution in [0.4, 0.5) is 0 Å². The first kappa shape index (κ1) is 17.9. The van der Waals surface area contributed by atoms with E-state index in [2.05, 4.69) is 0 Å². The number of nitrogens with zero attached hydrogens (tertiary/aromatic N) is 1. The normalized spacial score (nSPS) is 12.6. The maximum absolute atomic E-state index is 11.9. The molecule has 1 aromatic rings. The van der Waals surface area contributed by atoms with Crippen molar-refractivity contribution in [2.45, 2.75) is 25.9 Å². The Hall–Kier alpha value is -2.12. The summed E-state index contributed by atoms with van der Waals surface area (Å²) < 4.78 is 10.3. The number of rotatable bonds is 7. The van der Waals surface area contributed by atoms with Gasteiger partial charge in [0.05, 0.1) is 6.61 Å². The molecule has 1 rings (SSSR count). The molecule has 1 aromatic carbocycles. The molecular weight excluding hydrogens is 306 g/mol. The van der Waals surface area contributed by atoms with E-state index in [9.17, 15) is 14.9 Å². The number of halogens is 1. The Morgan fingerprint density at radius 3 is 2.36 bits per heavy atom. The molecule has 0 heterocycles. The monoisotopic (exact) mass is 321 g/mol. The fourth-order valence-corrected chi connectivity index (χ4v) is 2.09. The molecular formula is C16H16ClNO4. The van der Waals surface area contributed by atoms with Crippen molar-refractivity contribution in [3.8, 4) is 6.07 Å². The Balaban J connectivity index is 3.24. The van der Waals surface area contributed by atoms with Gasteiger partial charge in [0, 0.05) is 18.1 Å². The molecule has 0 aliphatic rings. The SMILES string of the molecule is CCOC(=O)C(=C=O)C(C#N)(Cc1ccc(Cl)cc1)OCC. The molecule has 0 saturated carbocycles. The van der Waals surface area contributed by atoms with Crippen molar-refractivity contribution in [2.24, 2.45) is 0 Å². The summed E-state index contributed by atoms with van der Waals surface area (Å²) in [5.74, 6) is 0.612. The van der Waals surface area contributed by atoms with Crippen LogP contribution < -0.4 is 0 Å². The van der Waals surface area contributed by atoms with E-state index in [1.165, 1.54) is 5.94 Å². The molecule has 0 aliphatic carbocycles. The Kier molecular flexibility index (Phi) is 6.81. The highest BCUT2D eigenvalue weighted by Gasteiger charge is 2.42. The van der Waals surface area contributed by atoms with Crippen LogP contribution in [0.1, 0.15) is 19.4 Å². The van der Waals surface area contributed by atoms with E-state index in [-0.39, 0.29) is 19.6 Å². The van der Waals surface area contributed by atoms with Crippen molar-refractivity contribution in [1.82, 2.24) is 0 Å². The molecule has 0 aromatic heterocycles. The van der Waals surface area contributed by atoms with Gasteiger partial charge in [-0.3, -0.25) is 0 Å². The lowest BCUT2D eigenvalue weighted by atomic mass is 9.88. The molecule has 116 valence electrons. The lowest BCUT2D eigenvalue weighted by Gasteiger charge is -2.26. The number of benzene rings is 1. The van der Waals surface area contributed by atoms with Crippen LogP contribution in [0.15, 0.2) is 29.8 Å². The molecule has 5 nitrogen and oxygen atoms in total. The number of carbonyl (C=O) groups excluding carboxylic acids is 2. The third-order valence-corrected chi connectivity index (χ3v) is 3.18. The summed E-state index contributed by atoms with van der Waals surface area (Å²) in [6.45, 7) is 3.50. The molecule has 0 spiro atoms. The van der Waals surface area contributed by atoms with Gasteiger partial charge in [-0.1, -0.05) is 23.7 Å². The second-order valence-electron chi connectivity index (χ2n) is 4.37. The average Bonchev–Trinajstić information content (AvgIpc) is 2.50. The number of carbonyl (C=O) groups is 1. The van der Waals surface area contributed by atoms with E-state index in [1.54, 1.807) is 38.1 Å². The van der Waals surface area contributed by atoms with Crippen LogP contribution in [0.2, 0.25) is 5.02 Å². The third-order valence-electron chi connectivity index (χ3n) is 2.92. The van der Waals surface area contributed by atoms with E-state index in [4.69, 9.17) is 21.1 Å². The molecule has 0 radical (unpaired) electrons. The van der Waals surface area contributed by atoms with Crippen molar-refractivity contribution in [3.05, 3.63) is 40.4 Å². The van der Waals surface area contributed by atoms with Crippen LogP contribution in [0.5, 0.6) is 0 Å². The number of ether oxygens (including phenoxy) is 2. The maximum Gasteiger partial charge on any atom is 0.349 e. The standard InChI is InChI=1S/C16H16ClNO4/c1-3-21-15(20)14(10-19)16(11-18,22-4-2)9-12-5-7-13(17)8-6-12/h5-8H,3-4,9H2,1-2H3. The van der Waals surface area contributed by atoms with Gasteiger partial charge < -0.3 is 9.47 Å². The van der Waals surface area contributed by atoms with Gasteiger partial charge in [-0.25, -0.2) is 9.59 Å². The summed E-state index contributed by atoms with van der Waals surface area (Å²) in [4.78, 5) is 23.2. The maximum atomic E-state index is 11.9. The van der Waals surface area contributed by atoms with Crippen molar-refractivity contribution < 1.29 is 19.1 Å². The largest absolute Gasteiger partial charge is 0.462 e. The van der Waals surface area contributed by atoms with Gasteiger partial charge >= 0.3 is 5.97 Å². The van der Waals surface area contributed by atoms with Crippen LogP contribution >= 0.6 is 11.6 Å². The topological polar surface area (TPSA) is 76.4 Å². The van der Waals surface area contributed by atoms with Crippen LogP contribution in [-0.2, 0) is 25.5 Å². The van der Waals surface area contributed by atoms with Crippen molar-refractivity contribution in [1.29, 1.82) is 5.26 Å². The zero-order valence-corrected chi connectivity index (χ0v) is 13.1. The molecule has 0 fully saturated rings. The highest BCUT2D eigenvalue weighted by Crippen LogP contribution is 2.26. The van der Waals surface area contributed by atoms with Gasteiger partial charge in [0.1, 0.15) is 12.0 Å². The van der Waals surface area contributed by atoms with Crippen LogP contribution in [0.3, 0.4) is 0 Å². The Morgan fingerprint density at radius 2 is 1.91 bits per heavy atom. The quantitative estimate of drug-likeness (QED) is 0.438. The van der Waals surface area contributed by atoms with Gasteiger partial charge in [0.15, 0.2) is 5.57 Å². The van der Waals surface area contributed by atoms with Gasteiger partial charge in [-0.15, -0.1) is 0 Å². The smallest absolute Gasteiger partial charge is 0.349 e. The van der Waals surface area contributed by atoms with Gasteiger partial charge in [-0.05, 0) is 31.5 Å². The average molecular weight is 322 g/mol. The molecule has 0 N–H and O–H groups in total. The zero-order chi connectivity index (χ0) is 16.6. The third kappa shape index (κ3) is 4.19. The van der Waals surface area contributed by atoms with Crippen molar-refractivity contribution >= 4 is 23.5 Å². The number of esters is 1. The molecule has 22 heavy (non-hydrogen) atoms. The number of nitriles is 1. The van der Waals surface area contributed by atoms with Crippen LogP contribution in [0.25, 0.3) is 0 Å². The minimum absolute atomic E-state index is 0.0118. The molecule has 1 unspecified atom stereocenters. The van der Waals surface area contributed by atoms with E-state index in [0.717, 1.165) is 0 Å². The predicted octanol–water partition coefficient (Wildman–Crippen LogP) is 2.50. The minimum Gasteiger partial charge on any atom is -0.462 e.